The van der Waals surface area contributed by atoms with Gasteiger partial charge in [0.15, 0.2) is 0 Å². The van der Waals surface area contributed by atoms with E-state index in [1.807, 2.05) is 4.90 Å². The highest BCUT2D eigenvalue weighted by Gasteiger charge is 2.24. The molecule has 3 rings (SSSR count). The topological polar surface area (TPSA) is 35.6 Å². The predicted molar refractivity (Wildman–Crippen MR) is 91.8 cm³/mol. The number of hydrogen-bond donors (Lipinski definition) is 1. The number of rotatable bonds is 3. The van der Waals surface area contributed by atoms with Crippen molar-refractivity contribution in [1.82, 2.24) is 5.32 Å². The van der Waals surface area contributed by atoms with Crippen LogP contribution in [0.15, 0.2) is 18.2 Å². The molecule has 1 fully saturated rings. The van der Waals surface area contributed by atoms with Crippen molar-refractivity contribution in [2.75, 3.05) is 36.0 Å². The van der Waals surface area contributed by atoms with Gasteiger partial charge >= 0.3 is 6.03 Å². The number of carbonyl (C=O) groups excluding carboxylic acids is 1. The van der Waals surface area contributed by atoms with Gasteiger partial charge in [0.2, 0.25) is 0 Å². The molecule has 2 heterocycles. The number of hydrogen-bond acceptors (Lipinski definition) is 2. The van der Waals surface area contributed by atoms with Crippen LogP contribution in [-0.4, -0.2) is 32.2 Å². The summed E-state index contributed by atoms with van der Waals surface area (Å²) in [5.74, 6) is 0.476. The van der Waals surface area contributed by atoms with E-state index in [-0.39, 0.29) is 6.03 Å². The van der Waals surface area contributed by atoms with E-state index in [1.165, 1.54) is 24.1 Å². The Morgan fingerprint density at radius 3 is 2.68 bits per heavy atom. The summed E-state index contributed by atoms with van der Waals surface area (Å²) in [5, 5.41) is 3.06. The second-order valence-electron chi connectivity index (χ2n) is 6.84. The maximum absolute atomic E-state index is 12.5. The van der Waals surface area contributed by atoms with E-state index < -0.39 is 0 Å². The molecule has 0 spiro atoms. The van der Waals surface area contributed by atoms with Crippen molar-refractivity contribution < 1.29 is 4.79 Å². The molecule has 0 aromatic heterocycles. The molecule has 0 unspecified atom stereocenters. The summed E-state index contributed by atoms with van der Waals surface area (Å²) < 4.78 is 0. The smallest absolute Gasteiger partial charge is 0.321 e. The summed E-state index contributed by atoms with van der Waals surface area (Å²) in [4.78, 5) is 16.9. The molecule has 1 saturated heterocycles. The molecule has 0 atom stereocenters. The molecule has 2 amide bonds. The lowest BCUT2D eigenvalue weighted by Crippen LogP contribution is -2.44. The van der Waals surface area contributed by atoms with Gasteiger partial charge in [-0.1, -0.05) is 19.9 Å². The van der Waals surface area contributed by atoms with Gasteiger partial charge in [-0.3, -0.25) is 4.90 Å². The van der Waals surface area contributed by atoms with Crippen LogP contribution < -0.4 is 15.1 Å². The number of benzene rings is 1. The second kappa shape index (κ2) is 6.59. The largest absolute Gasteiger partial charge is 0.371 e. The van der Waals surface area contributed by atoms with Crippen molar-refractivity contribution >= 4 is 17.4 Å². The number of anilines is 2. The maximum atomic E-state index is 12.5. The van der Waals surface area contributed by atoms with E-state index in [2.05, 4.69) is 42.3 Å². The van der Waals surface area contributed by atoms with Gasteiger partial charge in [0.05, 0.1) is 5.69 Å². The van der Waals surface area contributed by atoms with Gasteiger partial charge in [-0.05, 0) is 49.3 Å². The zero-order chi connectivity index (χ0) is 15.5. The van der Waals surface area contributed by atoms with Crippen LogP contribution in [0.4, 0.5) is 16.2 Å². The molecule has 22 heavy (non-hydrogen) atoms. The number of nitrogens with zero attached hydrogens (tertiary/aromatic N) is 2. The van der Waals surface area contributed by atoms with Crippen molar-refractivity contribution in [2.24, 2.45) is 5.92 Å². The molecule has 4 heteroatoms. The Balaban J connectivity index is 1.80. The predicted octanol–water partition coefficient (Wildman–Crippen LogP) is 3.41. The van der Waals surface area contributed by atoms with Gasteiger partial charge in [-0.15, -0.1) is 0 Å². The minimum atomic E-state index is 0.0493. The molecule has 1 aromatic rings. The molecule has 0 aliphatic carbocycles. The summed E-state index contributed by atoms with van der Waals surface area (Å²) in [7, 11) is 0. The molecule has 0 saturated carbocycles. The first-order valence-corrected chi connectivity index (χ1v) is 8.58. The Kier molecular flexibility index (Phi) is 4.55. The standard InChI is InChI=1S/C18H27N3O/c1-14(2)13-19-18(22)21-11-5-6-15-7-8-16(12-17(15)21)20-9-3-4-10-20/h7-8,12,14H,3-6,9-11,13H2,1-2H3,(H,19,22). The van der Waals surface area contributed by atoms with Crippen LogP contribution >= 0.6 is 0 Å². The summed E-state index contributed by atoms with van der Waals surface area (Å²) in [6, 6.07) is 6.70. The van der Waals surface area contributed by atoms with Gasteiger partial charge in [0.1, 0.15) is 0 Å². The maximum Gasteiger partial charge on any atom is 0.321 e. The zero-order valence-electron chi connectivity index (χ0n) is 13.8. The normalized spacial score (nSPS) is 17.8. The molecule has 2 aliphatic rings. The van der Waals surface area contributed by atoms with Crippen LogP contribution in [0.1, 0.15) is 38.7 Å². The van der Waals surface area contributed by atoms with Crippen molar-refractivity contribution in [2.45, 2.75) is 39.5 Å². The van der Waals surface area contributed by atoms with E-state index in [4.69, 9.17) is 0 Å². The average Bonchev–Trinajstić information content (AvgIpc) is 3.06. The van der Waals surface area contributed by atoms with Crippen LogP contribution in [-0.2, 0) is 6.42 Å². The van der Waals surface area contributed by atoms with Crippen molar-refractivity contribution in [3.8, 4) is 0 Å². The first kappa shape index (κ1) is 15.2. The van der Waals surface area contributed by atoms with Crippen molar-refractivity contribution in [1.29, 1.82) is 0 Å². The number of aryl methyl sites for hydroxylation is 1. The molecule has 0 bridgehead atoms. The Morgan fingerprint density at radius 2 is 1.95 bits per heavy atom. The van der Waals surface area contributed by atoms with Crippen LogP contribution in [0.25, 0.3) is 0 Å². The Morgan fingerprint density at radius 1 is 1.18 bits per heavy atom. The fourth-order valence-electron chi connectivity index (χ4n) is 3.33. The van der Waals surface area contributed by atoms with Crippen LogP contribution in [0.2, 0.25) is 0 Å². The lowest BCUT2D eigenvalue weighted by atomic mass is 10.0. The third kappa shape index (κ3) is 3.21. The number of amides is 2. The number of carbonyl (C=O) groups is 1. The van der Waals surface area contributed by atoms with Gasteiger partial charge in [0, 0.05) is 31.9 Å². The Bertz CT molecular complexity index is 535. The third-order valence-corrected chi connectivity index (χ3v) is 4.57. The van der Waals surface area contributed by atoms with Crippen LogP contribution in [0.3, 0.4) is 0 Å². The minimum Gasteiger partial charge on any atom is -0.371 e. The first-order valence-electron chi connectivity index (χ1n) is 8.58. The van der Waals surface area contributed by atoms with E-state index in [9.17, 15) is 4.79 Å². The van der Waals surface area contributed by atoms with Gasteiger partial charge in [0.25, 0.3) is 0 Å². The summed E-state index contributed by atoms with van der Waals surface area (Å²) in [6.45, 7) is 8.07. The van der Waals surface area contributed by atoms with E-state index in [1.54, 1.807) is 0 Å². The SMILES string of the molecule is CC(C)CNC(=O)N1CCCc2ccc(N3CCCC3)cc21. The minimum absolute atomic E-state index is 0.0493. The summed E-state index contributed by atoms with van der Waals surface area (Å²) in [6.07, 6.45) is 4.67. The lowest BCUT2D eigenvalue weighted by molar-refractivity contribution is 0.244. The number of urea groups is 1. The Hall–Kier alpha value is -1.71. The van der Waals surface area contributed by atoms with Gasteiger partial charge in [-0.2, -0.15) is 0 Å². The molecule has 4 nitrogen and oxygen atoms in total. The number of nitrogens with one attached hydrogen (secondary N) is 1. The molecular formula is C18H27N3O. The summed E-state index contributed by atoms with van der Waals surface area (Å²) in [5.41, 5.74) is 3.67. The molecule has 1 aromatic carbocycles. The first-order chi connectivity index (χ1) is 10.6. The van der Waals surface area contributed by atoms with E-state index >= 15 is 0 Å². The second-order valence-corrected chi connectivity index (χ2v) is 6.84. The quantitative estimate of drug-likeness (QED) is 0.928. The van der Waals surface area contributed by atoms with Crippen molar-refractivity contribution in [3.05, 3.63) is 23.8 Å². The molecule has 120 valence electrons. The van der Waals surface area contributed by atoms with Gasteiger partial charge in [-0.25, -0.2) is 4.79 Å². The monoisotopic (exact) mass is 301 g/mol. The van der Waals surface area contributed by atoms with Crippen LogP contribution in [0, 0.1) is 5.92 Å². The molecule has 0 radical (unpaired) electrons. The van der Waals surface area contributed by atoms with Crippen LogP contribution in [0.5, 0.6) is 0 Å². The Labute approximate surface area is 133 Å². The van der Waals surface area contributed by atoms with E-state index in [0.717, 1.165) is 44.7 Å². The molecule has 2 aliphatic heterocycles. The fraction of sp³-hybridized carbons (Fsp3) is 0.611. The number of fused-ring (bicyclic) bond motifs is 1. The molecular weight excluding hydrogens is 274 g/mol. The highest BCUT2D eigenvalue weighted by atomic mass is 16.2. The van der Waals surface area contributed by atoms with Gasteiger partial charge < -0.3 is 10.2 Å². The average molecular weight is 301 g/mol. The lowest BCUT2D eigenvalue weighted by Gasteiger charge is -2.31. The fourth-order valence-corrected chi connectivity index (χ4v) is 3.33. The zero-order valence-corrected chi connectivity index (χ0v) is 13.8. The highest BCUT2D eigenvalue weighted by molar-refractivity contribution is 5.94. The highest BCUT2D eigenvalue weighted by Crippen LogP contribution is 2.32. The molecule has 1 N–H and O–H groups in total. The third-order valence-electron chi connectivity index (χ3n) is 4.57. The van der Waals surface area contributed by atoms with E-state index in [0.29, 0.717) is 5.92 Å². The summed E-state index contributed by atoms with van der Waals surface area (Å²) >= 11 is 0. The van der Waals surface area contributed by atoms with Crippen molar-refractivity contribution in [3.63, 3.8) is 0 Å².